The second-order valence-electron chi connectivity index (χ2n) is 3.81. The van der Waals surface area contributed by atoms with Crippen molar-refractivity contribution in [2.24, 2.45) is 0 Å². The highest BCUT2D eigenvalue weighted by Crippen LogP contribution is 1.98. The van der Waals surface area contributed by atoms with Gasteiger partial charge in [-0.2, -0.15) is 0 Å². The van der Waals surface area contributed by atoms with Gasteiger partial charge in [0.1, 0.15) is 0 Å². The first kappa shape index (κ1) is 16.2. The Labute approximate surface area is 106 Å². The van der Waals surface area contributed by atoms with Gasteiger partial charge < -0.3 is 21.1 Å². The number of rotatable bonds is 9. The van der Waals surface area contributed by atoms with Gasteiger partial charge in [0.25, 0.3) is 0 Å². The van der Waals surface area contributed by atoms with Gasteiger partial charge in [-0.25, -0.2) is 4.79 Å². The zero-order chi connectivity index (χ0) is 13.8. The topological polar surface area (TPSA) is 108 Å². The van der Waals surface area contributed by atoms with Gasteiger partial charge in [-0.1, -0.05) is 6.42 Å². The maximum Gasteiger partial charge on any atom is 0.314 e. The van der Waals surface area contributed by atoms with Crippen LogP contribution in [-0.4, -0.2) is 43.2 Å². The molecule has 0 atom stereocenters. The van der Waals surface area contributed by atoms with Gasteiger partial charge >= 0.3 is 12.0 Å². The lowest BCUT2D eigenvalue weighted by Gasteiger charge is -2.06. The van der Waals surface area contributed by atoms with E-state index in [9.17, 15) is 14.4 Å². The predicted octanol–water partition coefficient (Wildman–Crippen LogP) is 0.0667. The van der Waals surface area contributed by atoms with Crippen LogP contribution in [0.5, 0.6) is 0 Å². The fourth-order valence-electron chi connectivity index (χ4n) is 1.26. The van der Waals surface area contributed by atoms with Crippen LogP contribution in [0.1, 0.15) is 32.1 Å². The summed E-state index contributed by atoms with van der Waals surface area (Å²) < 4.78 is 0. The molecule has 0 radical (unpaired) electrons. The molecule has 0 bridgehead atoms. The highest BCUT2D eigenvalue weighted by molar-refractivity contribution is 5.77. The SMILES string of the molecule is CNC(=O)CCNC(=O)NCCCCCC(=O)O. The van der Waals surface area contributed by atoms with E-state index < -0.39 is 5.97 Å². The van der Waals surface area contributed by atoms with Crippen molar-refractivity contribution < 1.29 is 19.5 Å². The van der Waals surface area contributed by atoms with Gasteiger partial charge in [-0.05, 0) is 12.8 Å². The van der Waals surface area contributed by atoms with Crippen molar-refractivity contribution in [1.29, 1.82) is 0 Å². The summed E-state index contributed by atoms with van der Waals surface area (Å²) in [7, 11) is 1.54. The molecule has 104 valence electrons. The molecule has 4 N–H and O–H groups in total. The lowest BCUT2D eigenvalue weighted by Crippen LogP contribution is -2.37. The normalized spacial score (nSPS) is 9.61. The molecule has 0 aliphatic rings. The molecule has 0 rings (SSSR count). The minimum atomic E-state index is -0.796. The number of aliphatic carboxylic acids is 1. The van der Waals surface area contributed by atoms with E-state index in [4.69, 9.17) is 5.11 Å². The minimum absolute atomic E-state index is 0.121. The van der Waals surface area contributed by atoms with E-state index in [1.807, 2.05) is 0 Å². The summed E-state index contributed by atoms with van der Waals surface area (Å²) in [4.78, 5) is 32.3. The molecule has 7 heteroatoms. The molecule has 0 unspecified atom stereocenters. The molecule has 0 aromatic rings. The largest absolute Gasteiger partial charge is 0.481 e. The maximum atomic E-state index is 11.2. The summed E-state index contributed by atoms with van der Waals surface area (Å²) in [5, 5.41) is 16.0. The Balaban J connectivity index is 3.32. The Morgan fingerprint density at radius 2 is 1.61 bits per heavy atom. The summed E-state index contributed by atoms with van der Waals surface area (Å²) in [6.07, 6.45) is 2.55. The van der Waals surface area contributed by atoms with E-state index in [-0.39, 0.29) is 24.8 Å². The van der Waals surface area contributed by atoms with E-state index in [0.29, 0.717) is 19.5 Å². The van der Waals surface area contributed by atoms with E-state index >= 15 is 0 Å². The van der Waals surface area contributed by atoms with Gasteiger partial charge in [0.05, 0.1) is 0 Å². The van der Waals surface area contributed by atoms with Gasteiger partial charge in [0.15, 0.2) is 0 Å². The molecule has 18 heavy (non-hydrogen) atoms. The number of carbonyl (C=O) groups excluding carboxylic acids is 2. The van der Waals surface area contributed by atoms with Crippen molar-refractivity contribution >= 4 is 17.9 Å². The zero-order valence-corrected chi connectivity index (χ0v) is 10.6. The Morgan fingerprint density at radius 3 is 2.22 bits per heavy atom. The molecule has 0 heterocycles. The second-order valence-corrected chi connectivity index (χ2v) is 3.81. The number of carboxylic acids is 1. The van der Waals surface area contributed by atoms with E-state index in [1.54, 1.807) is 7.05 Å². The smallest absolute Gasteiger partial charge is 0.314 e. The number of hydrogen-bond donors (Lipinski definition) is 4. The lowest BCUT2D eigenvalue weighted by atomic mass is 10.2. The molecule has 0 aromatic carbocycles. The van der Waals surface area contributed by atoms with Crippen LogP contribution in [-0.2, 0) is 9.59 Å². The third kappa shape index (κ3) is 10.7. The van der Waals surface area contributed by atoms with Gasteiger partial charge in [0.2, 0.25) is 5.91 Å². The molecule has 0 fully saturated rings. The quantitative estimate of drug-likeness (QED) is 0.439. The first-order valence-electron chi connectivity index (χ1n) is 6.00. The van der Waals surface area contributed by atoms with Crippen molar-refractivity contribution in [3.8, 4) is 0 Å². The third-order valence-corrected chi connectivity index (χ3v) is 2.27. The Hall–Kier alpha value is -1.79. The first-order valence-corrected chi connectivity index (χ1v) is 6.00. The number of unbranched alkanes of at least 4 members (excludes halogenated alkanes) is 2. The second kappa shape index (κ2) is 10.4. The van der Waals surface area contributed by atoms with E-state index in [1.165, 1.54) is 0 Å². The third-order valence-electron chi connectivity index (χ3n) is 2.27. The van der Waals surface area contributed by atoms with Crippen LogP contribution in [0.15, 0.2) is 0 Å². The van der Waals surface area contributed by atoms with Crippen LogP contribution in [0.3, 0.4) is 0 Å². The summed E-state index contributed by atoms with van der Waals surface area (Å²) in [6.45, 7) is 0.802. The Kier molecular flexibility index (Phi) is 9.34. The summed E-state index contributed by atoms with van der Waals surface area (Å²) in [5.41, 5.74) is 0. The molecular formula is C11H21N3O4. The highest BCUT2D eigenvalue weighted by atomic mass is 16.4. The van der Waals surface area contributed by atoms with Crippen LogP contribution in [0.25, 0.3) is 0 Å². The van der Waals surface area contributed by atoms with Crippen LogP contribution >= 0.6 is 0 Å². The minimum Gasteiger partial charge on any atom is -0.481 e. The summed E-state index contributed by atoms with van der Waals surface area (Å²) >= 11 is 0. The number of hydrogen-bond acceptors (Lipinski definition) is 3. The number of nitrogens with one attached hydrogen (secondary N) is 3. The van der Waals surface area contributed by atoms with Crippen LogP contribution in [0, 0.1) is 0 Å². The predicted molar refractivity (Wildman–Crippen MR) is 66.2 cm³/mol. The van der Waals surface area contributed by atoms with Crippen LogP contribution < -0.4 is 16.0 Å². The lowest BCUT2D eigenvalue weighted by molar-refractivity contribution is -0.137. The summed E-state index contributed by atoms with van der Waals surface area (Å²) in [6, 6.07) is -0.308. The van der Waals surface area contributed by atoms with Crippen molar-refractivity contribution in [3.63, 3.8) is 0 Å². The highest BCUT2D eigenvalue weighted by Gasteiger charge is 2.01. The molecule has 3 amide bonds. The number of amides is 3. The number of carboxylic acid groups (broad SMARTS) is 1. The average Bonchev–Trinajstić information content (AvgIpc) is 2.33. The van der Waals surface area contributed by atoms with Gasteiger partial charge in [0, 0.05) is 33.0 Å². The molecule has 7 nitrogen and oxygen atoms in total. The number of urea groups is 1. The van der Waals surface area contributed by atoms with Crippen molar-refractivity contribution in [1.82, 2.24) is 16.0 Å². The molecule has 0 saturated carbocycles. The Bertz CT molecular complexity index is 281. The molecule has 0 aromatic heterocycles. The van der Waals surface area contributed by atoms with Crippen molar-refractivity contribution in [3.05, 3.63) is 0 Å². The van der Waals surface area contributed by atoms with Crippen LogP contribution in [0.2, 0.25) is 0 Å². The standard InChI is InChI=1S/C11H21N3O4/c1-12-9(15)6-8-14-11(18)13-7-4-2-3-5-10(16)17/h2-8H2,1H3,(H,12,15)(H,16,17)(H2,13,14,18). The van der Waals surface area contributed by atoms with E-state index in [2.05, 4.69) is 16.0 Å². The van der Waals surface area contributed by atoms with Gasteiger partial charge in [-0.15, -0.1) is 0 Å². The molecule has 0 spiro atoms. The monoisotopic (exact) mass is 259 g/mol. The zero-order valence-electron chi connectivity index (χ0n) is 10.6. The van der Waals surface area contributed by atoms with E-state index in [0.717, 1.165) is 12.8 Å². The van der Waals surface area contributed by atoms with Crippen LogP contribution in [0.4, 0.5) is 4.79 Å². The molecule has 0 saturated heterocycles. The van der Waals surface area contributed by atoms with Crippen molar-refractivity contribution in [2.45, 2.75) is 32.1 Å². The molecule has 0 aliphatic heterocycles. The Morgan fingerprint density at radius 1 is 0.944 bits per heavy atom. The van der Waals surface area contributed by atoms with Crippen molar-refractivity contribution in [2.75, 3.05) is 20.1 Å². The average molecular weight is 259 g/mol. The molecule has 0 aliphatic carbocycles. The summed E-state index contributed by atoms with van der Waals surface area (Å²) in [5.74, 6) is -0.918. The maximum absolute atomic E-state index is 11.2. The fraction of sp³-hybridized carbons (Fsp3) is 0.727. The molecular weight excluding hydrogens is 238 g/mol. The fourth-order valence-corrected chi connectivity index (χ4v) is 1.26. The number of carbonyl (C=O) groups is 3. The first-order chi connectivity index (χ1) is 8.56. The van der Waals surface area contributed by atoms with Gasteiger partial charge in [-0.3, -0.25) is 9.59 Å².